The Bertz CT molecular complexity index is 447. The highest BCUT2D eigenvalue weighted by Crippen LogP contribution is 2.39. The average Bonchev–Trinajstić information content (AvgIpc) is 2.44. The first kappa shape index (κ1) is 16.7. The highest BCUT2D eigenvalue weighted by molar-refractivity contribution is 8.00. The van der Waals surface area contributed by atoms with Gasteiger partial charge in [-0.3, -0.25) is 0 Å². The number of thioether (sulfide) groups is 1. The molecule has 2 rings (SSSR count). The largest absolute Gasteiger partial charge is 0.441 e. The molecule has 1 aromatic carbocycles. The van der Waals surface area contributed by atoms with Crippen molar-refractivity contribution in [2.45, 2.75) is 44.2 Å². The molecule has 2 atom stereocenters. The molecule has 1 N–H and O–H groups in total. The molecule has 2 unspecified atom stereocenters. The van der Waals surface area contributed by atoms with Gasteiger partial charge in [0.25, 0.3) is 0 Å². The van der Waals surface area contributed by atoms with E-state index < -0.39 is 5.51 Å². The number of hydrogen-bond donors (Lipinski definition) is 1. The number of hydrogen-bond acceptors (Lipinski definition) is 2. The van der Waals surface area contributed by atoms with E-state index in [0.717, 1.165) is 25.8 Å². The maximum Gasteiger partial charge on any atom is 0.441 e. The topological polar surface area (TPSA) is 12.0 Å². The summed E-state index contributed by atoms with van der Waals surface area (Å²) in [6.07, 6.45) is 3.58. The summed E-state index contributed by atoms with van der Waals surface area (Å²) in [6.45, 7) is 3.01. The van der Waals surface area contributed by atoms with Crippen LogP contribution in [0.2, 0.25) is 0 Å². The Kier molecular flexibility index (Phi) is 5.99. The van der Waals surface area contributed by atoms with Crippen LogP contribution in [0.1, 0.15) is 43.4 Å². The van der Waals surface area contributed by atoms with Gasteiger partial charge in [-0.2, -0.15) is 13.2 Å². The van der Waals surface area contributed by atoms with Crippen molar-refractivity contribution in [1.29, 1.82) is 0 Å². The van der Waals surface area contributed by atoms with Crippen molar-refractivity contribution in [2.24, 2.45) is 5.92 Å². The van der Waals surface area contributed by atoms with Crippen molar-refractivity contribution in [3.05, 3.63) is 35.4 Å². The van der Waals surface area contributed by atoms with Crippen molar-refractivity contribution >= 4 is 11.8 Å². The molecule has 0 aliphatic heterocycles. The Morgan fingerprint density at radius 1 is 1.29 bits per heavy atom. The Balaban J connectivity index is 2.03. The first-order valence-electron chi connectivity index (χ1n) is 7.53. The molecule has 1 aliphatic carbocycles. The molecular weight excluding hydrogens is 295 g/mol. The van der Waals surface area contributed by atoms with Crippen LogP contribution in [0.3, 0.4) is 0 Å². The molecule has 0 spiro atoms. The minimum Gasteiger partial charge on any atom is -0.310 e. The molecule has 1 nitrogen and oxygen atoms in total. The third-order valence-electron chi connectivity index (χ3n) is 4.01. The minimum atomic E-state index is -4.11. The third kappa shape index (κ3) is 4.92. The van der Waals surface area contributed by atoms with E-state index in [9.17, 15) is 13.2 Å². The molecule has 1 aromatic rings. The van der Waals surface area contributed by atoms with Gasteiger partial charge in [-0.1, -0.05) is 43.0 Å². The zero-order valence-electron chi connectivity index (χ0n) is 12.2. The van der Waals surface area contributed by atoms with Crippen LogP contribution in [-0.2, 0) is 6.42 Å². The van der Waals surface area contributed by atoms with E-state index in [1.54, 1.807) is 0 Å². The number of fused-ring (bicyclic) bond motifs is 1. The number of benzene rings is 1. The number of nitrogens with one attached hydrogen (secondary N) is 1. The fourth-order valence-electron chi connectivity index (χ4n) is 3.04. The molecule has 1 aliphatic rings. The minimum absolute atomic E-state index is 0.107. The lowest BCUT2D eigenvalue weighted by Crippen LogP contribution is -2.33. The quantitative estimate of drug-likeness (QED) is 0.798. The molecule has 21 heavy (non-hydrogen) atoms. The van der Waals surface area contributed by atoms with Crippen molar-refractivity contribution < 1.29 is 13.2 Å². The van der Waals surface area contributed by atoms with Gasteiger partial charge < -0.3 is 5.32 Å². The van der Waals surface area contributed by atoms with Crippen LogP contribution in [0.15, 0.2) is 24.3 Å². The van der Waals surface area contributed by atoms with Crippen LogP contribution < -0.4 is 5.32 Å². The smallest absolute Gasteiger partial charge is 0.310 e. The molecule has 0 heterocycles. The van der Waals surface area contributed by atoms with Crippen LogP contribution in [0.25, 0.3) is 0 Å². The lowest BCUT2D eigenvalue weighted by Gasteiger charge is -2.34. The number of rotatable bonds is 6. The van der Waals surface area contributed by atoms with E-state index in [1.807, 2.05) is 12.1 Å². The molecular formula is C16H22F3NS. The summed E-state index contributed by atoms with van der Waals surface area (Å²) in [5, 5.41) is 3.53. The van der Waals surface area contributed by atoms with Gasteiger partial charge in [0, 0.05) is 11.8 Å². The van der Waals surface area contributed by atoms with Crippen molar-refractivity contribution in [1.82, 2.24) is 5.32 Å². The average molecular weight is 317 g/mol. The van der Waals surface area contributed by atoms with Crippen molar-refractivity contribution in [3.63, 3.8) is 0 Å². The molecule has 0 radical (unpaired) electrons. The zero-order chi connectivity index (χ0) is 15.3. The molecule has 0 bridgehead atoms. The van der Waals surface area contributed by atoms with E-state index in [-0.39, 0.29) is 23.6 Å². The first-order chi connectivity index (χ1) is 10.0. The van der Waals surface area contributed by atoms with Crippen LogP contribution in [0.5, 0.6) is 0 Å². The van der Waals surface area contributed by atoms with E-state index in [0.29, 0.717) is 12.3 Å². The highest BCUT2D eigenvalue weighted by Gasteiger charge is 2.31. The number of halogens is 3. The molecule has 0 aromatic heterocycles. The zero-order valence-corrected chi connectivity index (χ0v) is 13.1. The Hall–Kier alpha value is -0.680. The maximum atomic E-state index is 12.3. The van der Waals surface area contributed by atoms with E-state index in [2.05, 4.69) is 24.4 Å². The fourth-order valence-corrected chi connectivity index (χ4v) is 3.69. The van der Waals surface area contributed by atoms with Crippen LogP contribution in [-0.4, -0.2) is 17.8 Å². The summed E-state index contributed by atoms with van der Waals surface area (Å²) < 4.78 is 36.9. The standard InChI is InChI=1S/C16H22F3NS/c1-2-10-20-15-13(9-11-21-16(17,18)19)8-7-12-5-3-4-6-14(12)15/h3-6,13,15,20H,2,7-11H2,1H3. The van der Waals surface area contributed by atoms with Gasteiger partial charge in [0.1, 0.15) is 0 Å². The summed E-state index contributed by atoms with van der Waals surface area (Å²) in [4.78, 5) is 0. The molecule has 0 amide bonds. The van der Waals surface area contributed by atoms with E-state index in [4.69, 9.17) is 0 Å². The van der Waals surface area contributed by atoms with Gasteiger partial charge in [0.2, 0.25) is 0 Å². The molecule has 0 saturated carbocycles. The maximum absolute atomic E-state index is 12.3. The van der Waals surface area contributed by atoms with Gasteiger partial charge in [-0.05, 0) is 49.3 Å². The SMILES string of the molecule is CCCNC1c2ccccc2CCC1CCSC(F)(F)F. The third-order valence-corrected chi connectivity index (χ3v) is 4.78. The van der Waals surface area contributed by atoms with Crippen molar-refractivity contribution in [2.75, 3.05) is 12.3 Å². The van der Waals surface area contributed by atoms with Crippen molar-refractivity contribution in [3.8, 4) is 0 Å². The first-order valence-corrected chi connectivity index (χ1v) is 8.51. The fraction of sp³-hybridized carbons (Fsp3) is 0.625. The summed E-state index contributed by atoms with van der Waals surface area (Å²) in [5.74, 6) is 0.446. The summed E-state index contributed by atoms with van der Waals surface area (Å²) in [5.41, 5.74) is -1.50. The summed E-state index contributed by atoms with van der Waals surface area (Å²) in [7, 11) is 0. The Morgan fingerprint density at radius 2 is 2.05 bits per heavy atom. The van der Waals surface area contributed by atoms with E-state index >= 15 is 0 Å². The van der Waals surface area contributed by atoms with Gasteiger partial charge in [-0.25, -0.2) is 0 Å². The van der Waals surface area contributed by atoms with Crippen LogP contribution >= 0.6 is 11.8 Å². The Labute approximate surface area is 128 Å². The molecule has 5 heteroatoms. The highest BCUT2D eigenvalue weighted by atomic mass is 32.2. The Morgan fingerprint density at radius 3 is 2.76 bits per heavy atom. The predicted octanol–water partition coefficient (Wildman–Crippen LogP) is 4.93. The summed E-state index contributed by atoms with van der Waals surface area (Å²) in [6, 6.07) is 8.51. The van der Waals surface area contributed by atoms with Crippen LogP contribution in [0.4, 0.5) is 13.2 Å². The lowest BCUT2D eigenvalue weighted by atomic mass is 9.78. The van der Waals surface area contributed by atoms with Gasteiger partial charge in [-0.15, -0.1) is 0 Å². The second-order valence-corrected chi connectivity index (χ2v) is 6.67. The van der Waals surface area contributed by atoms with Crippen LogP contribution in [0, 0.1) is 5.92 Å². The summed E-state index contributed by atoms with van der Waals surface area (Å²) >= 11 is 0.107. The van der Waals surface area contributed by atoms with Gasteiger partial charge in [0.15, 0.2) is 0 Å². The molecule has 118 valence electrons. The van der Waals surface area contributed by atoms with Gasteiger partial charge in [0.05, 0.1) is 0 Å². The monoisotopic (exact) mass is 317 g/mol. The molecule has 0 fully saturated rings. The predicted molar refractivity (Wildman–Crippen MR) is 82.4 cm³/mol. The normalized spacial score (nSPS) is 22.1. The van der Waals surface area contributed by atoms with Gasteiger partial charge >= 0.3 is 5.51 Å². The molecule has 0 saturated heterocycles. The number of alkyl halides is 3. The second kappa shape index (κ2) is 7.54. The lowest BCUT2D eigenvalue weighted by molar-refractivity contribution is -0.0328. The number of aryl methyl sites for hydroxylation is 1. The second-order valence-electron chi connectivity index (χ2n) is 5.51. The van der Waals surface area contributed by atoms with E-state index in [1.165, 1.54) is 11.1 Å².